The smallest absolute Gasteiger partial charge is 0.200 e. The molecule has 1 N–H and O–H groups in total. The van der Waals surface area contributed by atoms with Gasteiger partial charge in [-0.3, -0.25) is 0 Å². The maximum absolute atomic E-state index is 9.62. The van der Waals surface area contributed by atoms with E-state index in [9.17, 15) is 5.11 Å². The van der Waals surface area contributed by atoms with Crippen LogP contribution in [0.5, 0.6) is 17.2 Å². The fourth-order valence-electron chi connectivity index (χ4n) is 1.14. The summed E-state index contributed by atoms with van der Waals surface area (Å²) in [5, 5.41) is 9.62. The predicted molar refractivity (Wildman–Crippen MR) is 55.9 cm³/mol. The first-order valence-electron chi connectivity index (χ1n) is 4.21. The standard InChI is InChI=1S/C11H14O3/c1-7(2)8-5-9(13-3)11(12)10(6-8)14-4/h5-6,12H,1H2,2-4H3. The van der Waals surface area contributed by atoms with Gasteiger partial charge in [0.05, 0.1) is 14.2 Å². The minimum Gasteiger partial charge on any atom is -0.502 e. The summed E-state index contributed by atoms with van der Waals surface area (Å²) in [6.07, 6.45) is 0. The third-order valence-electron chi connectivity index (χ3n) is 1.97. The number of hydrogen-bond acceptors (Lipinski definition) is 3. The Morgan fingerprint density at radius 3 is 1.93 bits per heavy atom. The highest BCUT2D eigenvalue weighted by Crippen LogP contribution is 2.38. The van der Waals surface area contributed by atoms with Gasteiger partial charge in [-0.25, -0.2) is 0 Å². The lowest BCUT2D eigenvalue weighted by molar-refractivity contribution is 0.339. The van der Waals surface area contributed by atoms with Crippen LogP contribution in [0.1, 0.15) is 12.5 Å². The van der Waals surface area contributed by atoms with E-state index in [2.05, 4.69) is 6.58 Å². The second kappa shape index (κ2) is 4.05. The highest BCUT2D eigenvalue weighted by atomic mass is 16.5. The maximum atomic E-state index is 9.62. The van der Waals surface area contributed by atoms with Crippen molar-refractivity contribution >= 4 is 5.57 Å². The summed E-state index contributed by atoms with van der Waals surface area (Å²) in [7, 11) is 2.99. The molecule has 0 bridgehead atoms. The first-order valence-corrected chi connectivity index (χ1v) is 4.21. The van der Waals surface area contributed by atoms with Crippen LogP contribution in [-0.2, 0) is 0 Å². The summed E-state index contributed by atoms with van der Waals surface area (Å²) in [6, 6.07) is 3.44. The zero-order valence-electron chi connectivity index (χ0n) is 8.63. The number of ether oxygens (including phenoxy) is 2. The lowest BCUT2D eigenvalue weighted by atomic mass is 10.1. The summed E-state index contributed by atoms with van der Waals surface area (Å²) in [5.41, 5.74) is 1.78. The van der Waals surface area contributed by atoms with Gasteiger partial charge in [0.15, 0.2) is 11.5 Å². The lowest BCUT2D eigenvalue weighted by Crippen LogP contribution is -1.91. The van der Waals surface area contributed by atoms with Gasteiger partial charge in [-0.15, -0.1) is 0 Å². The third kappa shape index (κ3) is 1.82. The molecule has 1 aromatic rings. The van der Waals surface area contributed by atoms with E-state index in [4.69, 9.17) is 9.47 Å². The molecule has 1 rings (SSSR count). The number of rotatable bonds is 3. The van der Waals surface area contributed by atoms with Gasteiger partial charge in [0.1, 0.15) is 0 Å². The van der Waals surface area contributed by atoms with Crippen LogP contribution >= 0.6 is 0 Å². The maximum Gasteiger partial charge on any atom is 0.200 e. The van der Waals surface area contributed by atoms with E-state index in [1.165, 1.54) is 14.2 Å². The Labute approximate surface area is 83.6 Å². The van der Waals surface area contributed by atoms with E-state index in [-0.39, 0.29) is 5.75 Å². The van der Waals surface area contributed by atoms with Gasteiger partial charge in [-0.05, 0) is 24.6 Å². The summed E-state index contributed by atoms with van der Waals surface area (Å²) in [4.78, 5) is 0. The second-order valence-corrected chi connectivity index (χ2v) is 3.01. The molecule has 0 aromatic heterocycles. The van der Waals surface area contributed by atoms with Gasteiger partial charge in [0, 0.05) is 0 Å². The molecule has 0 heterocycles. The van der Waals surface area contributed by atoms with Crippen LogP contribution in [0.2, 0.25) is 0 Å². The quantitative estimate of drug-likeness (QED) is 0.803. The van der Waals surface area contributed by atoms with Crippen molar-refractivity contribution in [1.29, 1.82) is 0 Å². The van der Waals surface area contributed by atoms with Crippen molar-refractivity contribution in [1.82, 2.24) is 0 Å². The second-order valence-electron chi connectivity index (χ2n) is 3.01. The first-order chi connectivity index (χ1) is 6.60. The molecule has 3 heteroatoms. The highest BCUT2D eigenvalue weighted by molar-refractivity contribution is 5.68. The molecule has 0 aliphatic heterocycles. The average molecular weight is 194 g/mol. The molecule has 0 fully saturated rings. The molecule has 14 heavy (non-hydrogen) atoms. The van der Waals surface area contributed by atoms with Crippen molar-refractivity contribution in [2.24, 2.45) is 0 Å². The summed E-state index contributed by atoms with van der Waals surface area (Å²) in [5.74, 6) is 0.796. The van der Waals surface area contributed by atoms with Gasteiger partial charge in [0.25, 0.3) is 0 Å². The summed E-state index contributed by atoms with van der Waals surface area (Å²) in [6.45, 7) is 5.69. The number of methoxy groups -OCH3 is 2. The lowest BCUT2D eigenvalue weighted by Gasteiger charge is -2.10. The van der Waals surface area contributed by atoms with Gasteiger partial charge in [-0.1, -0.05) is 12.2 Å². The molecule has 0 amide bonds. The van der Waals surface area contributed by atoms with E-state index < -0.39 is 0 Å². The van der Waals surface area contributed by atoms with E-state index in [0.29, 0.717) is 11.5 Å². The third-order valence-corrected chi connectivity index (χ3v) is 1.97. The van der Waals surface area contributed by atoms with Crippen LogP contribution < -0.4 is 9.47 Å². The van der Waals surface area contributed by atoms with Crippen LogP contribution in [0, 0.1) is 0 Å². The van der Waals surface area contributed by atoms with Crippen molar-refractivity contribution in [3.63, 3.8) is 0 Å². The predicted octanol–water partition coefficient (Wildman–Crippen LogP) is 2.44. The molecule has 0 unspecified atom stereocenters. The van der Waals surface area contributed by atoms with Crippen LogP contribution in [0.25, 0.3) is 5.57 Å². The minimum atomic E-state index is 0.0139. The zero-order valence-corrected chi connectivity index (χ0v) is 8.63. The number of aromatic hydroxyl groups is 1. The molecule has 1 aromatic carbocycles. The van der Waals surface area contributed by atoms with Crippen molar-refractivity contribution < 1.29 is 14.6 Å². The largest absolute Gasteiger partial charge is 0.502 e. The Balaban J connectivity index is 3.32. The molecule has 0 aliphatic carbocycles. The Morgan fingerprint density at radius 1 is 1.21 bits per heavy atom. The van der Waals surface area contributed by atoms with Gasteiger partial charge in [-0.2, -0.15) is 0 Å². The van der Waals surface area contributed by atoms with Gasteiger partial charge >= 0.3 is 0 Å². The van der Waals surface area contributed by atoms with Crippen molar-refractivity contribution in [3.8, 4) is 17.2 Å². The Kier molecular flexibility index (Phi) is 3.02. The number of phenols is 1. The number of benzene rings is 1. The molecular formula is C11H14O3. The van der Waals surface area contributed by atoms with E-state index in [1.54, 1.807) is 12.1 Å². The minimum absolute atomic E-state index is 0.0139. The van der Waals surface area contributed by atoms with Crippen molar-refractivity contribution in [2.75, 3.05) is 14.2 Å². The molecule has 0 radical (unpaired) electrons. The average Bonchev–Trinajstić information content (AvgIpc) is 2.17. The van der Waals surface area contributed by atoms with Crippen LogP contribution in [0.3, 0.4) is 0 Å². The molecule has 0 saturated carbocycles. The molecule has 0 atom stereocenters. The Bertz CT molecular complexity index is 331. The zero-order chi connectivity index (χ0) is 10.7. The number of hydrogen-bond donors (Lipinski definition) is 1. The van der Waals surface area contributed by atoms with Crippen LogP contribution in [-0.4, -0.2) is 19.3 Å². The SMILES string of the molecule is C=C(C)c1cc(OC)c(O)c(OC)c1. The van der Waals surface area contributed by atoms with Crippen molar-refractivity contribution in [3.05, 3.63) is 24.3 Å². The van der Waals surface area contributed by atoms with Crippen molar-refractivity contribution in [2.45, 2.75) is 6.92 Å². The number of phenolic OH excluding ortho intramolecular Hbond substituents is 1. The topological polar surface area (TPSA) is 38.7 Å². The summed E-state index contributed by atoms with van der Waals surface area (Å²) >= 11 is 0. The monoisotopic (exact) mass is 194 g/mol. The Morgan fingerprint density at radius 2 is 1.64 bits per heavy atom. The van der Waals surface area contributed by atoms with E-state index in [1.807, 2.05) is 6.92 Å². The molecule has 3 nitrogen and oxygen atoms in total. The van der Waals surface area contributed by atoms with E-state index >= 15 is 0 Å². The fraction of sp³-hybridized carbons (Fsp3) is 0.273. The highest BCUT2D eigenvalue weighted by Gasteiger charge is 2.10. The molecule has 0 aliphatic rings. The van der Waals surface area contributed by atoms with Crippen LogP contribution in [0.4, 0.5) is 0 Å². The Hall–Kier alpha value is -1.64. The molecule has 0 spiro atoms. The first kappa shape index (κ1) is 10.4. The number of allylic oxidation sites excluding steroid dienone is 1. The van der Waals surface area contributed by atoms with Crippen LogP contribution in [0.15, 0.2) is 18.7 Å². The normalized spacial score (nSPS) is 9.64. The molecule has 76 valence electrons. The molecule has 0 saturated heterocycles. The van der Waals surface area contributed by atoms with E-state index in [0.717, 1.165) is 11.1 Å². The van der Waals surface area contributed by atoms with Gasteiger partial charge in [0.2, 0.25) is 5.75 Å². The fourth-order valence-corrected chi connectivity index (χ4v) is 1.14. The summed E-state index contributed by atoms with van der Waals surface area (Å²) < 4.78 is 10.0. The molecular weight excluding hydrogens is 180 g/mol. The van der Waals surface area contributed by atoms with Gasteiger partial charge < -0.3 is 14.6 Å².